The van der Waals surface area contributed by atoms with Crippen LogP contribution in [0.2, 0.25) is 0 Å². The van der Waals surface area contributed by atoms with Crippen LogP contribution in [0.25, 0.3) is 0 Å². The lowest BCUT2D eigenvalue weighted by Gasteiger charge is -2.34. The fourth-order valence-corrected chi connectivity index (χ4v) is 2.75. The van der Waals surface area contributed by atoms with Crippen molar-refractivity contribution in [2.24, 2.45) is 0 Å². The largest absolute Gasteiger partial charge is 0.377 e. The average molecular weight is 244 g/mol. The fourth-order valence-electron chi connectivity index (χ4n) is 1.92. The Morgan fingerprint density at radius 1 is 1.56 bits per heavy atom. The molecule has 6 heteroatoms. The van der Waals surface area contributed by atoms with Gasteiger partial charge in [0.05, 0.1) is 19.3 Å². The van der Waals surface area contributed by atoms with E-state index in [0.717, 1.165) is 5.75 Å². The number of ether oxygens (including phenoxy) is 1. The van der Waals surface area contributed by atoms with Crippen molar-refractivity contribution >= 4 is 22.9 Å². The Hall–Kier alpha value is -0.750. The molecule has 2 amide bonds. The van der Waals surface area contributed by atoms with Crippen molar-refractivity contribution < 1.29 is 14.3 Å². The predicted molar refractivity (Wildman–Crippen MR) is 61.4 cm³/mol. The van der Waals surface area contributed by atoms with Crippen LogP contribution in [0, 0.1) is 0 Å². The third kappa shape index (κ3) is 2.49. The van der Waals surface area contributed by atoms with Crippen molar-refractivity contribution in [3.8, 4) is 0 Å². The number of morpholine rings is 1. The summed E-state index contributed by atoms with van der Waals surface area (Å²) < 4.78 is 5.27. The maximum absolute atomic E-state index is 12.0. The minimum Gasteiger partial charge on any atom is -0.377 e. The van der Waals surface area contributed by atoms with Crippen LogP contribution >= 0.6 is 11.8 Å². The van der Waals surface area contributed by atoms with Gasteiger partial charge >= 0.3 is 0 Å². The van der Waals surface area contributed by atoms with Gasteiger partial charge in [-0.05, 0) is 6.92 Å². The third-order valence-electron chi connectivity index (χ3n) is 2.86. The standard InChI is InChI=1S/C10H16N2O3S/c1-8-7-15-4-2-12(8)9(13)6-11-3-5-16-10(11)14/h8H,2-7H2,1H3. The number of carbonyl (C=O) groups excluding carboxylic acids is 2. The third-order valence-corrected chi connectivity index (χ3v) is 3.75. The van der Waals surface area contributed by atoms with Gasteiger partial charge in [0.25, 0.3) is 5.24 Å². The Morgan fingerprint density at radius 3 is 3.00 bits per heavy atom. The van der Waals surface area contributed by atoms with E-state index in [1.54, 1.807) is 9.80 Å². The SMILES string of the molecule is CC1COCCN1C(=O)CN1CCSC1=O. The second kappa shape index (κ2) is 5.05. The number of carbonyl (C=O) groups is 2. The molecule has 0 bridgehead atoms. The molecule has 0 spiro atoms. The number of nitrogens with zero attached hydrogens (tertiary/aromatic N) is 2. The van der Waals surface area contributed by atoms with Crippen molar-refractivity contribution in [1.29, 1.82) is 0 Å². The highest BCUT2D eigenvalue weighted by molar-refractivity contribution is 8.13. The molecule has 0 aromatic carbocycles. The van der Waals surface area contributed by atoms with Gasteiger partial charge in [-0.15, -0.1) is 0 Å². The van der Waals surface area contributed by atoms with Crippen molar-refractivity contribution in [3.05, 3.63) is 0 Å². The molecule has 2 aliphatic heterocycles. The Kier molecular flexibility index (Phi) is 3.70. The zero-order valence-electron chi connectivity index (χ0n) is 9.35. The van der Waals surface area contributed by atoms with E-state index in [4.69, 9.17) is 4.74 Å². The molecule has 90 valence electrons. The van der Waals surface area contributed by atoms with Crippen LogP contribution in [0.5, 0.6) is 0 Å². The van der Waals surface area contributed by atoms with Crippen LogP contribution in [-0.2, 0) is 9.53 Å². The van der Waals surface area contributed by atoms with Gasteiger partial charge in [-0.1, -0.05) is 11.8 Å². The molecule has 2 rings (SSSR count). The minimum absolute atomic E-state index is 0.0225. The van der Waals surface area contributed by atoms with Gasteiger partial charge in [0.1, 0.15) is 6.54 Å². The van der Waals surface area contributed by atoms with E-state index >= 15 is 0 Å². The molecule has 1 atom stereocenters. The van der Waals surface area contributed by atoms with Crippen molar-refractivity contribution in [1.82, 2.24) is 9.80 Å². The molecule has 0 saturated carbocycles. The molecule has 1 unspecified atom stereocenters. The van der Waals surface area contributed by atoms with E-state index in [0.29, 0.717) is 26.3 Å². The molecule has 16 heavy (non-hydrogen) atoms. The first-order chi connectivity index (χ1) is 7.68. The molecule has 0 aromatic rings. The van der Waals surface area contributed by atoms with Crippen molar-refractivity contribution in [2.75, 3.05) is 38.6 Å². The molecule has 2 fully saturated rings. The molecule has 2 saturated heterocycles. The average Bonchev–Trinajstić information content (AvgIpc) is 2.65. The molecule has 2 heterocycles. The number of hydrogen-bond acceptors (Lipinski definition) is 4. The quantitative estimate of drug-likeness (QED) is 0.705. The van der Waals surface area contributed by atoms with Crippen molar-refractivity contribution in [3.63, 3.8) is 0 Å². The van der Waals surface area contributed by atoms with Crippen LogP contribution < -0.4 is 0 Å². The summed E-state index contributed by atoms with van der Waals surface area (Å²) in [5, 5.41) is 0.0225. The highest BCUT2D eigenvalue weighted by Crippen LogP contribution is 2.17. The van der Waals surface area contributed by atoms with Crippen LogP contribution in [0.15, 0.2) is 0 Å². The monoisotopic (exact) mass is 244 g/mol. The molecule has 0 N–H and O–H groups in total. The Bertz CT molecular complexity index is 298. The summed E-state index contributed by atoms with van der Waals surface area (Å²) in [6.45, 7) is 4.70. The second-order valence-electron chi connectivity index (χ2n) is 4.05. The number of amides is 2. The molecule has 0 aromatic heterocycles. The first kappa shape index (κ1) is 11.7. The van der Waals surface area contributed by atoms with E-state index in [1.807, 2.05) is 6.92 Å². The van der Waals surface area contributed by atoms with Gasteiger partial charge in [0.15, 0.2) is 0 Å². The summed E-state index contributed by atoms with van der Waals surface area (Å²) in [5.41, 5.74) is 0. The Morgan fingerprint density at radius 2 is 2.38 bits per heavy atom. The summed E-state index contributed by atoms with van der Waals surface area (Å²) in [7, 11) is 0. The number of rotatable bonds is 2. The van der Waals surface area contributed by atoms with E-state index < -0.39 is 0 Å². The maximum Gasteiger partial charge on any atom is 0.282 e. The maximum atomic E-state index is 12.0. The molecule has 5 nitrogen and oxygen atoms in total. The van der Waals surface area contributed by atoms with E-state index in [1.165, 1.54) is 11.8 Å². The molecule has 0 radical (unpaired) electrons. The topological polar surface area (TPSA) is 49.9 Å². The van der Waals surface area contributed by atoms with Gasteiger partial charge < -0.3 is 14.5 Å². The van der Waals surface area contributed by atoms with Crippen LogP contribution in [0.3, 0.4) is 0 Å². The summed E-state index contributed by atoms with van der Waals surface area (Å²) in [4.78, 5) is 26.8. The molecular weight excluding hydrogens is 228 g/mol. The highest BCUT2D eigenvalue weighted by Gasteiger charge is 2.28. The summed E-state index contributed by atoms with van der Waals surface area (Å²) in [6.07, 6.45) is 0. The summed E-state index contributed by atoms with van der Waals surface area (Å²) in [5.74, 6) is 0.830. The zero-order chi connectivity index (χ0) is 11.5. The smallest absolute Gasteiger partial charge is 0.282 e. The van der Waals surface area contributed by atoms with Crippen molar-refractivity contribution in [2.45, 2.75) is 13.0 Å². The van der Waals surface area contributed by atoms with Crippen LogP contribution in [0.4, 0.5) is 4.79 Å². The van der Waals surface area contributed by atoms with Gasteiger partial charge in [-0.2, -0.15) is 0 Å². The number of thioether (sulfide) groups is 1. The van der Waals surface area contributed by atoms with Gasteiger partial charge in [0, 0.05) is 18.8 Å². The van der Waals surface area contributed by atoms with Crippen LogP contribution in [0.1, 0.15) is 6.92 Å². The van der Waals surface area contributed by atoms with E-state index in [-0.39, 0.29) is 23.7 Å². The van der Waals surface area contributed by atoms with Gasteiger partial charge in [0.2, 0.25) is 5.91 Å². The molecular formula is C10H16N2O3S. The Labute approximate surface area is 99.1 Å². The zero-order valence-corrected chi connectivity index (χ0v) is 10.2. The fraction of sp³-hybridized carbons (Fsp3) is 0.800. The molecule has 2 aliphatic rings. The summed E-state index contributed by atoms with van der Waals surface area (Å²) >= 11 is 1.29. The Balaban J connectivity index is 1.89. The molecule has 0 aliphatic carbocycles. The van der Waals surface area contributed by atoms with E-state index in [9.17, 15) is 9.59 Å². The second-order valence-corrected chi connectivity index (χ2v) is 5.09. The summed E-state index contributed by atoms with van der Waals surface area (Å²) in [6, 6.07) is 0.117. The van der Waals surface area contributed by atoms with Gasteiger partial charge in [-0.25, -0.2) is 0 Å². The lowest BCUT2D eigenvalue weighted by molar-refractivity contribution is -0.139. The van der Waals surface area contributed by atoms with Gasteiger partial charge in [-0.3, -0.25) is 9.59 Å². The number of hydrogen-bond donors (Lipinski definition) is 0. The van der Waals surface area contributed by atoms with Crippen LogP contribution in [-0.4, -0.2) is 65.6 Å². The lowest BCUT2D eigenvalue weighted by Crippen LogP contribution is -2.50. The first-order valence-corrected chi connectivity index (χ1v) is 6.46. The minimum atomic E-state index is 0.0225. The highest BCUT2D eigenvalue weighted by atomic mass is 32.2. The normalized spacial score (nSPS) is 26.3. The predicted octanol–water partition coefficient (Wildman–Crippen LogP) is 0.403. The lowest BCUT2D eigenvalue weighted by atomic mass is 10.2. The van der Waals surface area contributed by atoms with E-state index in [2.05, 4.69) is 0 Å². The first-order valence-electron chi connectivity index (χ1n) is 5.47.